The molecule has 0 aliphatic carbocycles. The highest BCUT2D eigenvalue weighted by molar-refractivity contribution is 7.71. The lowest BCUT2D eigenvalue weighted by Crippen LogP contribution is -2.06. The molecule has 2 aromatic heterocycles. The van der Waals surface area contributed by atoms with Crippen LogP contribution in [0.5, 0.6) is 0 Å². The molecule has 0 bridgehead atoms. The fraction of sp³-hybridized carbons (Fsp3) is 0.400. The van der Waals surface area contributed by atoms with Crippen molar-refractivity contribution in [3.05, 3.63) is 33.0 Å². The van der Waals surface area contributed by atoms with Crippen LogP contribution in [0.15, 0.2) is 16.8 Å². The molecule has 5 heteroatoms. The summed E-state index contributed by atoms with van der Waals surface area (Å²) in [4.78, 5) is 0. The maximum Gasteiger partial charge on any atom is 0.195 e. The van der Waals surface area contributed by atoms with Gasteiger partial charge in [-0.3, -0.25) is 5.10 Å². The van der Waals surface area contributed by atoms with Gasteiger partial charge in [0, 0.05) is 12.5 Å². The molecule has 2 heterocycles. The third-order valence-corrected chi connectivity index (χ3v) is 3.26. The second-order valence-electron chi connectivity index (χ2n) is 3.72. The van der Waals surface area contributed by atoms with Gasteiger partial charge in [-0.2, -0.15) is 16.4 Å². The summed E-state index contributed by atoms with van der Waals surface area (Å²) in [6.07, 6.45) is 0.842. The van der Waals surface area contributed by atoms with Crippen molar-refractivity contribution in [1.82, 2.24) is 14.8 Å². The number of H-pyrrole nitrogens is 1. The van der Waals surface area contributed by atoms with E-state index in [-0.39, 0.29) is 0 Å². The zero-order chi connectivity index (χ0) is 10.8. The summed E-state index contributed by atoms with van der Waals surface area (Å²) in [7, 11) is 0. The van der Waals surface area contributed by atoms with Crippen molar-refractivity contribution in [3.63, 3.8) is 0 Å². The predicted octanol–water partition coefficient (Wildman–Crippen LogP) is 3.17. The molecule has 0 radical (unpaired) electrons. The van der Waals surface area contributed by atoms with E-state index in [9.17, 15) is 0 Å². The molecule has 0 amide bonds. The Morgan fingerprint density at radius 3 is 3.00 bits per heavy atom. The fourth-order valence-corrected chi connectivity index (χ4v) is 2.60. The molecule has 0 spiro atoms. The lowest BCUT2D eigenvalue weighted by molar-refractivity contribution is 0.567. The Kier molecular flexibility index (Phi) is 3.02. The van der Waals surface area contributed by atoms with Crippen LogP contribution in [0.1, 0.15) is 31.3 Å². The van der Waals surface area contributed by atoms with Gasteiger partial charge in [0.1, 0.15) is 5.82 Å². The molecular weight excluding hydrogens is 226 g/mol. The molecule has 0 saturated carbocycles. The molecule has 0 aliphatic rings. The summed E-state index contributed by atoms with van der Waals surface area (Å²) in [6.45, 7) is 4.23. The number of nitrogens with zero attached hydrogens (tertiary/aromatic N) is 2. The molecular formula is C10H13N3S2. The molecule has 15 heavy (non-hydrogen) atoms. The second-order valence-corrected chi connectivity index (χ2v) is 4.88. The highest BCUT2D eigenvalue weighted by Crippen LogP contribution is 2.14. The molecule has 0 aromatic carbocycles. The Balaban J connectivity index is 2.33. The van der Waals surface area contributed by atoms with E-state index in [1.165, 1.54) is 5.56 Å². The van der Waals surface area contributed by atoms with Crippen LogP contribution in [0.3, 0.4) is 0 Å². The minimum absolute atomic E-state index is 0.352. The van der Waals surface area contributed by atoms with Gasteiger partial charge >= 0.3 is 0 Å². The Bertz CT molecular complexity index is 479. The van der Waals surface area contributed by atoms with Crippen LogP contribution >= 0.6 is 23.6 Å². The zero-order valence-corrected chi connectivity index (χ0v) is 10.4. The topological polar surface area (TPSA) is 33.6 Å². The predicted molar refractivity (Wildman–Crippen MR) is 64.9 cm³/mol. The first-order valence-electron chi connectivity index (χ1n) is 4.85. The van der Waals surface area contributed by atoms with E-state index in [1.54, 1.807) is 11.3 Å². The first-order chi connectivity index (χ1) is 7.18. The first kappa shape index (κ1) is 10.6. The lowest BCUT2D eigenvalue weighted by Gasteiger charge is -2.09. The highest BCUT2D eigenvalue weighted by atomic mass is 32.1. The standard InChI is InChI=1S/C10H13N3S2/c1-7(2)13-9(11-12-10(13)14)5-8-3-4-15-6-8/h3-4,6-7H,5H2,1-2H3,(H,12,14). The van der Waals surface area contributed by atoms with Crippen LogP contribution in [-0.2, 0) is 6.42 Å². The Morgan fingerprint density at radius 1 is 1.60 bits per heavy atom. The average molecular weight is 239 g/mol. The highest BCUT2D eigenvalue weighted by Gasteiger charge is 2.09. The third kappa shape index (κ3) is 2.18. The van der Waals surface area contributed by atoms with Crippen molar-refractivity contribution < 1.29 is 0 Å². The van der Waals surface area contributed by atoms with E-state index in [1.807, 2.05) is 0 Å². The quantitative estimate of drug-likeness (QED) is 0.835. The molecule has 80 valence electrons. The molecule has 1 N–H and O–H groups in total. The minimum Gasteiger partial charge on any atom is -0.301 e. The van der Waals surface area contributed by atoms with Gasteiger partial charge in [-0.05, 0) is 48.5 Å². The first-order valence-corrected chi connectivity index (χ1v) is 6.20. The van der Waals surface area contributed by atoms with E-state index in [0.29, 0.717) is 10.8 Å². The molecule has 0 saturated heterocycles. The molecule has 0 atom stereocenters. The van der Waals surface area contributed by atoms with Gasteiger partial charge in [0.05, 0.1) is 0 Å². The van der Waals surface area contributed by atoms with Crippen molar-refractivity contribution >= 4 is 23.6 Å². The maximum atomic E-state index is 5.19. The Morgan fingerprint density at radius 2 is 2.40 bits per heavy atom. The summed E-state index contributed by atoms with van der Waals surface area (Å²) >= 11 is 6.90. The molecule has 0 aliphatic heterocycles. The monoisotopic (exact) mass is 239 g/mol. The van der Waals surface area contributed by atoms with Crippen LogP contribution < -0.4 is 0 Å². The lowest BCUT2D eigenvalue weighted by atomic mass is 10.2. The van der Waals surface area contributed by atoms with Crippen LogP contribution in [-0.4, -0.2) is 14.8 Å². The summed E-state index contributed by atoms with van der Waals surface area (Å²) in [5, 5.41) is 11.3. The van der Waals surface area contributed by atoms with Gasteiger partial charge in [0.25, 0.3) is 0 Å². The number of hydrogen-bond donors (Lipinski definition) is 1. The van der Waals surface area contributed by atoms with Crippen molar-refractivity contribution in [2.75, 3.05) is 0 Å². The Hall–Kier alpha value is -0.940. The molecule has 2 rings (SSSR count). The smallest absolute Gasteiger partial charge is 0.195 e. The van der Waals surface area contributed by atoms with E-state index >= 15 is 0 Å². The molecule has 0 unspecified atom stereocenters. The molecule has 2 aromatic rings. The van der Waals surface area contributed by atoms with E-state index in [4.69, 9.17) is 12.2 Å². The van der Waals surface area contributed by atoms with Gasteiger partial charge in [-0.1, -0.05) is 0 Å². The third-order valence-electron chi connectivity index (χ3n) is 2.24. The van der Waals surface area contributed by atoms with E-state index < -0.39 is 0 Å². The normalized spacial score (nSPS) is 11.1. The maximum absolute atomic E-state index is 5.19. The fourth-order valence-electron chi connectivity index (χ4n) is 1.57. The molecule has 3 nitrogen and oxygen atoms in total. The van der Waals surface area contributed by atoms with Crippen molar-refractivity contribution in [3.8, 4) is 0 Å². The summed E-state index contributed by atoms with van der Waals surface area (Å²) in [5.41, 5.74) is 1.29. The number of aromatic nitrogens is 3. The van der Waals surface area contributed by atoms with Crippen molar-refractivity contribution in [2.24, 2.45) is 0 Å². The SMILES string of the molecule is CC(C)n1c(Cc2ccsc2)n[nH]c1=S. The number of thiophene rings is 1. The van der Waals surface area contributed by atoms with Crippen molar-refractivity contribution in [1.29, 1.82) is 0 Å². The number of aromatic amines is 1. The summed E-state index contributed by atoms with van der Waals surface area (Å²) < 4.78 is 2.77. The minimum atomic E-state index is 0.352. The Labute approximate surface area is 97.8 Å². The number of rotatable bonds is 3. The van der Waals surface area contributed by atoms with Crippen LogP contribution in [0.4, 0.5) is 0 Å². The van der Waals surface area contributed by atoms with E-state index in [2.05, 4.69) is 45.4 Å². The average Bonchev–Trinajstić information content (AvgIpc) is 2.76. The van der Waals surface area contributed by atoms with Crippen molar-refractivity contribution in [2.45, 2.75) is 26.3 Å². The van der Waals surface area contributed by atoms with Gasteiger partial charge in [0.15, 0.2) is 4.77 Å². The summed E-state index contributed by atoms with van der Waals surface area (Å²) in [5.74, 6) is 1.01. The van der Waals surface area contributed by atoms with E-state index in [0.717, 1.165) is 12.2 Å². The zero-order valence-electron chi connectivity index (χ0n) is 8.73. The molecule has 0 fully saturated rings. The van der Waals surface area contributed by atoms with Gasteiger partial charge in [0.2, 0.25) is 0 Å². The van der Waals surface area contributed by atoms with Crippen LogP contribution in [0.2, 0.25) is 0 Å². The van der Waals surface area contributed by atoms with Gasteiger partial charge in [-0.15, -0.1) is 0 Å². The van der Waals surface area contributed by atoms with Gasteiger partial charge < -0.3 is 4.57 Å². The van der Waals surface area contributed by atoms with Crippen LogP contribution in [0, 0.1) is 4.77 Å². The largest absolute Gasteiger partial charge is 0.301 e. The van der Waals surface area contributed by atoms with Gasteiger partial charge in [-0.25, -0.2) is 0 Å². The number of hydrogen-bond acceptors (Lipinski definition) is 3. The summed E-state index contributed by atoms with van der Waals surface area (Å²) in [6, 6.07) is 2.47. The van der Waals surface area contributed by atoms with Crippen LogP contribution in [0.25, 0.3) is 0 Å². The second kappa shape index (κ2) is 4.28. The number of nitrogens with one attached hydrogen (secondary N) is 1.